The average molecular weight is 308 g/mol. The van der Waals surface area contributed by atoms with Crippen molar-refractivity contribution < 1.29 is 17.9 Å². The third kappa shape index (κ3) is 3.82. The van der Waals surface area contributed by atoms with E-state index >= 15 is 0 Å². The summed E-state index contributed by atoms with van der Waals surface area (Å²) in [6.07, 6.45) is 5.04. The maximum Gasteiger partial charge on any atom is 0.254 e. The van der Waals surface area contributed by atoms with Crippen molar-refractivity contribution in [1.82, 2.24) is 9.62 Å². The Morgan fingerprint density at radius 2 is 2.10 bits per heavy atom. The number of carbonyl (C=O) groups is 1. The molecule has 1 fully saturated rings. The van der Waals surface area contributed by atoms with Gasteiger partial charge in [0.25, 0.3) is 5.91 Å². The molecule has 7 heteroatoms. The van der Waals surface area contributed by atoms with E-state index in [0.29, 0.717) is 31.9 Å². The van der Waals surface area contributed by atoms with Gasteiger partial charge in [-0.3, -0.25) is 4.79 Å². The zero-order chi connectivity index (χ0) is 15.3. The monoisotopic (exact) mass is 308 g/mol. The van der Waals surface area contributed by atoms with E-state index in [1.165, 1.54) is 18.2 Å². The Labute approximate surface area is 124 Å². The average Bonchev–Trinajstić information content (AvgIpc) is 2.53. The fourth-order valence-electron chi connectivity index (χ4n) is 1.97. The molecule has 1 aromatic carbocycles. The molecule has 1 amide bonds. The molecule has 6 nitrogen and oxygen atoms in total. The Balaban J connectivity index is 2.21. The Kier molecular flexibility index (Phi) is 4.96. The van der Waals surface area contributed by atoms with Gasteiger partial charge in [-0.15, -0.1) is 6.42 Å². The van der Waals surface area contributed by atoms with Crippen LogP contribution < -0.4 is 4.72 Å². The number of terminal acetylenes is 1. The molecule has 0 saturated carbocycles. The first-order valence-corrected chi connectivity index (χ1v) is 7.93. The predicted octanol–water partition coefficient (Wildman–Crippen LogP) is 0.0705. The molecule has 21 heavy (non-hydrogen) atoms. The fourth-order valence-corrected chi connectivity index (χ4v) is 2.95. The zero-order valence-electron chi connectivity index (χ0n) is 11.4. The molecular formula is C14H16N2O4S. The van der Waals surface area contributed by atoms with Gasteiger partial charge >= 0.3 is 0 Å². The third-order valence-electron chi connectivity index (χ3n) is 3.05. The lowest BCUT2D eigenvalue weighted by Gasteiger charge is -2.27. The van der Waals surface area contributed by atoms with E-state index in [0.717, 1.165) is 0 Å². The van der Waals surface area contributed by atoms with E-state index in [9.17, 15) is 13.2 Å². The van der Waals surface area contributed by atoms with Crippen LogP contribution in [0.1, 0.15) is 10.4 Å². The molecule has 0 atom stereocenters. The Morgan fingerprint density at radius 1 is 1.38 bits per heavy atom. The molecule has 1 N–H and O–H groups in total. The van der Waals surface area contributed by atoms with Gasteiger partial charge in [-0.25, -0.2) is 8.42 Å². The molecule has 0 aromatic heterocycles. The molecule has 1 aliphatic heterocycles. The molecule has 0 bridgehead atoms. The van der Waals surface area contributed by atoms with Crippen LogP contribution in [0.2, 0.25) is 0 Å². The minimum Gasteiger partial charge on any atom is -0.378 e. The molecule has 1 saturated heterocycles. The number of nitrogens with one attached hydrogen (secondary N) is 1. The lowest BCUT2D eigenvalue weighted by molar-refractivity contribution is 0.0302. The number of amides is 1. The van der Waals surface area contributed by atoms with Crippen LogP contribution in [0.4, 0.5) is 0 Å². The van der Waals surface area contributed by atoms with Crippen LogP contribution in [0.15, 0.2) is 29.2 Å². The number of sulfonamides is 1. The van der Waals surface area contributed by atoms with Crippen molar-refractivity contribution in [3.8, 4) is 12.3 Å². The maximum absolute atomic E-state index is 12.3. The van der Waals surface area contributed by atoms with Crippen LogP contribution in [0.5, 0.6) is 0 Å². The van der Waals surface area contributed by atoms with Gasteiger partial charge in [-0.2, -0.15) is 4.72 Å². The molecular weight excluding hydrogens is 292 g/mol. The first-order chi connectivity index (χ1) is 10.0. The summed E-state index contributed by atoms with van der Waals surface area (Å²) in [6, 6.07) is 5.92. The minimum absolute atomic E-state index is 0.0249. The number of carbonyl (C=O) groups excluding carboxylic acids is 1. The van der Waals surface area contributed by atoms with Gasteiger partial charge in [0.2, 0.25) is 10.0 Å². The molecule has 0 unspecified atom stereocenters. The first-order valence-electron chi connectivity index (χ1n) is 6.45. The Hall–Kier alpha value is -1.88. The third-order valence-corrected chi connectivity index (χ3v) is 4.45. The number of hydrogen-bond acceptors (Lipinski definition) is 4. The van der Waals surface area contributed by atoms with E-state index in [1.807, 2.05) is 0 Å². The SMILES string of the molecule is C#CCNS(=O)(=O)c1cccc(C(=O)N2CCOCC2)c1. The van der Waals surface area contributed by atoms with Crippen LogP contribution in [-0.4, -0.2) is 52.1 Å². The van der Waals surface area contributed by atoms with Crippen LogP contribution in [0.3, 0.4) is 0 Å². The highest BCUT2D eigenvalue weighted by atomic mass is 32.2. The van der Waals surface area contributed by atoms with Gasteiger partial charge in [0, 0.05) is 18.7 Å². The van der Waals surface area contributed by atoms with Crippen LogP contribution in [0.25, 0.3) is 0 Å². The molecule has 2 rings (SSSR count). The van der Waals surface area contributed by atoms with Gasteiger partial charge in [-0.1, -0.05) is 12.0 Å². The second kappa shape index (κ2) is 6.72. The molecule has 1 aromatic rings. The summed E-state index contributed by atoms with van der Waals surface area (Å²) < 4.78 is 31.4. The summed E-state index contributed by atoms with van der Waals surface area (Å²) in [4.78, 5) is 14.0. The maximum atomic E-state index is 12.3. The number of morpholine rings is 1. The normalized spacial score (nSPS) is 15.5. The highest BCUT2D eigenvalue weighted by Gasteiger charge is 2.20. The van der Waals surface area contributed by atoms with Crippen molar-refractivity contribution in [3.63, 3.8) is 0 Å². The van der Waals surface area contributed by atoms with E-state index < -0.39 is 10.0 Å². The largest absolute Gasteiger partial charge is 0.378 e. The zero-order valence-corrected chi connectivity index (χ0v) is 12.2. The highest BCUT2D eigenvalue weighted by molar-refractivity contribution is 7.89. The smallest absolute Gasteiger partial charge is 0.254 e. The van der Waals surface area contributed by atoms with Crippen molar-refractivity contribution in [3.05, 3.63) is 29.8 Å². The first kappa shape index (κ1) is 15.5. The number of benzene rings is 1. The van der Waals surface area contributed by atoms with Crippen molar-refractivity contribution in [2.45, 2.75) is 4.90 Å². The second-order valence-corrected chi connectivity index (χ2v) is 6.23. The van der Waals surface area contributed by atoms with E-state index in [-0.39, 0.29) is 17.3 Å². The molecule has 1 heterocycles. The van der Waals surface area contributed by atoms with E-state index in [2.05, 4.69) is 10.6 Å². The summed E-state index contributed by atoms with van der Waals surface area (Å²) in [5.41, 5.74) is 0.334. The van der Waals surface area contributed by atoms with Crippen LogP contribution in [0, 0.1) is 12.3 Å². The Morgan fingerprint density at radius 3 is 2.76 bits per heavy atom. The van der Waals surface area contributed by atoms with Gasteiger partial charge < -0.3 is 9.64 Å². The summed E-state index contributed by atoms with van der Waals surface area (Å²) >= 11 is 0. The van der Waals surface area contributed by atoms with Gasteiger partial charge in [0.05, 0.1) is 24.7 Å². The minimum atomic E-state index is -3.70. The topological polar surface area (TPSA) is 75.7 Å². The summed E-state index contributed by atoms with van der Waals surface area (Å²) in [7, 11) is -3.70. The van der Waals surface area contributed by atoms with E-state index in [4.69, 9.17) is 11.2 Å². The van der Waals surface area contributed by atoms with Crippen molar-refractivity contribution >= 4 is 15.9 Å². The summed E-state index contributed by atoms with van der Waals surface area (Å²) in [5, 5.41) is 0. The van der Waals surface area contributed by atoms with Crippen molar-refractivity contribution in [2.24, 2.45) is 0 Å². The number of rotatable bonds is 4. The van der Waals surface area contributed by atoms with Gasteiger partial charge in [0.1, 0.15) is 0 Å². The molecule has 0 radical (unpaired) electrons. The number of ether oxygens (including phenoxy) is 1. The molecule has 0 spiro atoms. The van der Waals surface area contributed by atoms with Crippen molar-refractivity contribution in [1.29, 1.82) is 0 Å². The molecule has 0 aliphatic carbocycles. The quantitative estimate of drug-likeness (QED) is 0.799. The van der Waals surface area contributed by atoms with Crippen LogP contribution >= 0.6 is 0 Å². The van der Waals surface area contributed by atoms with Crippen LogP contribution in [-0.2, 0) is 14.8 Å². The molecule has 112 valence electrons. The summed E-state index contributed by atoms with van der Waals surface area (Å²) in [6.45, 7) is 1.90. The van der Waals surface area contributed by atoms with E-state index in [1.54, 1.807) is 11.0 Å². The molecule has 1 aliphatic rings. The fraction of sp³-hybridized carbons (Fsp3) is 0.357. The standard InChI is InChI=1S/C14H16N2O4S/c1-2-6-15-21(18,19)13-5-3-4-12(11-13)14(17)16-7-9-20-10-8-16/h1,3-5,11,15H,6-10H2. The number of nitrogens with zero attached hydrogens (tertiary/aromatic N) is 1. The lowest BCUT2D eigenvalue weighted by atomic mass is 10.2. The van der Waals surface area contributed by atoms with Gasteiger partial charge in [-0.05, 0) is 18.2 Å². The Bertz CT molecular complexity index is 658. The highest BCUT2D eigenvalue weighted by Crippen LogP contribution is 2.14. The number of hydrogen-bond donors (Lipinski definition) is 1. The van der Waals surface area contributed by atoms with Crippen molar-refractivity contribution in [2.75, 3.05) is 32.8 Å². The second-order valence-electron chi connectivity index (χ2n) is 4.46. The van der Waals surface area contributed by atoms with Gasteiger partial charge in [0.15, 0.2) is 0 Å². The predicted molar refractivity (Wildman–Crippen MR) is 77.2 cm³/mol. The lowest BCUT2D eigenvalue weighted by Crippen LogP contribution is -2.40. The summed E-state index contributed by atoms with van der Waals surface area (Å²) in [5.74, 6) is 2.00.